The highest BCUT2D eigenvalue weighted by atomic mass is 35.5. The molecule has 0 N–H and O–H groups in total. The van der Waals surface area contributed by atoms with Gasteiger partial charge in [-0.2, -0.15) is 0 Å². The first-order valence-electron chi connectivity index (χ1n) is 3.21. The van der Waals surface area contributed by atoms with Crippen molar-refractivity contribution in [3.63, 3.8) is 0 Å². The Labute approximate surface area is 74.4 Å². The third-order valence-electron chi connectivity index (χ3n) is 1.41. The van der Waals surface area contributed by atoms with Crippen molar-refractivity contribution in [3.05, 3.63) is 45.5 Å². The Bertz CT molecular complexity index is 336. The molecule has 0 bridgehead atoms. The molecule has 3 nitrogen and oxygen atoms in total. The largest absolute Gasteiger partial charge is 0.270 e. The summed E-state index contributed by atoms with van der Waals surface area (Å²) >= 11 is 5.71. The minimum Gasteiger partial charge on any atom is -0.258 e. The van der Waals surface area contributed by atoms with E-state index >= 15 is 0 Å². The van der Waals surface area contributed by atoms with Gasteiger partial charge in [0.2, 0.25) is 0 Å². The van der Waals surface area contributed by atoms with Crippen LogP contribution in [0, 0.1) is 10.1 Å². The van der Waals surface area contributed by atoms with Gasteiger partial charge < -0.3 is 0 Å². The van der Waals surface area contributed by atoms with Gasteiger partial charge in [-0.15, -0.1) is 0 Å². The smallest absolute Gasteiger partial charge is 0.258 e. The number of halogens is 1. The van der Waals surface area contributed by atoms with E-state index in [1.165, 1.54) is 24.3 Å². The first kappa shape index (κ1) is 8.74. The fourth-order valence-corrected chi connectivity index (χ4v) is 0.996. The van der Waals surface area contributed by atoms with Crippen LogP contribution in [0.3, 0.4) is 0 Å². The highest BCUT2D eigenvalue weighted by Crippen LogP contribution is 2.22. The second kappa shape index (κ2) is 3.36. The van der Waals surface area contributed by atoms with Gasteiger partial charge in [-0.05, 0) is 11.6 Å². The zero-order valence-corrected chi connectivity index (χ0v) is 6.91. The van der Waals surface area contributed by atoms with Crippen LogP contribution < -0.4 is 0 Å². The molecule has 1 aromatic carbocycles. The number of hydrogen-bond donors (Lipinski definition) is 0. The van der Waals surface area contributed by atoms with E-state index in [4.69, 9.17) is 11.6 Å². The van der Waals surface area contributed by atoms with Gasteiger partial charge in [0.15, 0.2) is 0 Å². The molecule has 0 heterocycles. The van der Waals surface area contributed by atoms with Gasteiger partial charge in [0, 0.05) is 17.2 Å². The molecule has 0 atom stereocenters. The van der Waals surface area contributed by atoms with Crippen LogP contribution in [0.5, 0.6) is 0 Å². The molecule has 4 heteroatoms. The van der Waals surface area contributed by atoms with Crippen LogP contribution in [0.2, 0.25) is 5.02 Å². The molecule has 0 radical (unpaired) electrons. The normalized spacial score (nSPS) is 9.42. The summed E-state index contributed by atoms with van der Waals surface area (Å²) in [6, 6.07) is 4.22. The first-order valence-corrected chi connectivity index (χ1v) is 3.59. The number of rotatable bonds is 2. The molecule has 1 aromatic rings. The summed E-state index contributed by atoms with van der Waals surface area (Å²) in [6.07, 6.45) is 1.48. The lowest BCUT2D eigenvalue weighted by Gasteiger charge is -1.96. The van der Waals surface area contributed by atoms with E-state index in [1.54, 1.807) is 0 Å². The summed E-state index contributed by atoms with van der Waals surface area (Å²) < 4.78 is 0. The lowest BCUT2D eigenvalue weighted by atomic mass is 10.2. The number of nitro groups is 1. The molecular weight excluding hydrogens is 178 g/mol. The molecule has 0 amide bonds. The molecule has 62 valence electrons. The van der Waals surface area contributed by atoms with Gasteiger partial charge in [-0.1, -0.05) is 24.3 Å². The third kappa shape index (κ3) is 1.62. The van der Waals surface area contributed by atoms with E-state index in [-0.39, 0.29) is 5.69 Å². The Kier molecular flexibility index (Phi) is 2.45. The maximum atomic E-state index is 10.3. The molecule has 0 saturated heterocycles. The van der Waals surface area contributed by atoms with Crippen molar-refractivity contribution >= 4 is 23.4 Å². The predicted octanol–water partition coefficient (Wildman–Crippen LogP) is 2.89. The summed E-state index contributed by atoms with van der Waals surface area (Å²) in [4.78, 5) is 9.84. The average Bonchev–Trinajstić information content (AvgIpc) is 2.05. The van der Waals surface area contributed by atoms with E-state index in [0.717, 1.165) is 0 Å². The summed E-state index contributed by atoms with van der Waals surface area (Å²) in [6.45, 7) is 3.49. The monoisotopic (exact) mass is 183 g/mol. The van der Waals surface area contributed by atoms with Crippen molar-refractivity contribution < 1.29 is 4.92 Å². The van der Waals surface area contributed by atoms with Gasteiger partial charge in [0.1, 0.15) is 0 Å². The first-order chi connectivity index (χ1) is 5.65. The fraction of sp³-hybridized carbons (Fsp3) is 0. The Morgan fingerprint density at radius 3 is 2.75 bits per heavy atom. The maximum absolute atomic E-state index is 10.3. The molecule has 0 aliphatic rings. The van der Waals surface area contributed by atoms with Crippen LogP contribution in [0.25, 0.3) is 6.08 Å². The molecular formula is C8H6ClNO2. The number of non-ortho nitro benzene ring substituents is 1. The quantitative estimate of drug-likeness (QED) is 0.523. The summed E-state index contributed by atoms with van der Waals surface area (Å²) in [7, 11) is 0. The average molecular weight is 184 g/mol. The molecule has 0 aliphatic carbocycles. The number of nitro benzene ring substituents is 1. The molecule has 1 rings (SSSR count). The van der Waals surface area contributed by atoms with Crippen molar-refractivity contribution in [1.82, 2.24) is 0 Å². The van der Waals surface area contributed by atoms with Crippen LogP contribution in [0.1, 0.15) is 5.56 Å². The van der Waals surface area contributed by atoms with E-state index in [0.29, 0.717) is 10.6 Å². The van der Waals surface area contributed by atoms with Crippen LogP contribution in [0.15, 0.2) is 24.8 Å². The van der Waals surface area contributed by atoms with E-state index in [2.05, 4.69) is 6.58 Å². The van der Waals surface area contributed by atoms with Crippen molar-refractivity contribution in [1.29, 1.82) is 0 Å². The van der Waals surface area contributed by atoms with Gasteiger partial charge >= 0.3 is 0 Å². The minimum atomic E-state index is -0.469. The summed E-state index contributed by atoms with van der Waals surface area (Å²) in [5, 5.41) is 10.8. The lowest BCUT2D eigenvalue weighted by molar-refractivity contribution is -0.384. The Balaban J connectivity index is 3.22. The molecule has 0 aliphatic heterocycles. The summed E-state index contributed by atoms with van der Waals surface area (Å²) in [5.41, 5.74) is 0.597. The van der Waals surface area contributed by atoms with Crippen molar-refractivity contribution in [3.8, 4) is 0 Å². The molecule has 0 spiro atoms. The molecule has 12 heavy (non-hydrogen) atoms. The third-order valence-corrected chi connectivity index (χ3v) is 1.75. The van der Waals surface area contributed by atoms with Crippen molar-refractivity contribution in [2.45, 2.75) is 0 Å². The Morgan fingerprint density at radius 2 is 2.25 bits per heavy atom. The minimum absolute atomic E-state index is 0.0225. The van der Waals surface area contributed by atoms with E-state index in [9.17, 15) is 10.1 Å². The lowest BCUT2D eigenvalue weighted by Crippen LogP contribution is -1.88. The van der Waals surface area contributed by atoms with Crippen LogP contribution in [0.4, 0.5) is 5.69 Å². The van der Waals surface area contributed by atoms with E-state index in [1.807, 2.05) is 0 Å². The van der Waals surface area contributed by atoms with Gasteiger partial charge in [0.05, 0.1) is 4.92 Å². The van der Waals surface area contributed by atoms with Gasteiger partial charge in [-0.25, -0.2) is 0 Å². The fourth-order valence-electron chi connectivity index (χ4n) is 0.801. The highest BCUT2D eigenvalue weighted by Gasteiger charge is 2.06. The number of hydrogen-bond acceptors (Lipinski definition) is 2. The Hall–Kier alpha value is -1.35. The second-order valence-corrected chi connectivity index (χ2v) is 2.57. The Morgan fingerprint density at radius 1 is 1.58 bits per heavy atom. The van der Waals surface area contributed by atoms with Crippen LogP contribution >= 0.6 is 11.6 Å². The van der Waals surface area contributed by atoms with Crippen LogP contribution in [-0.2, 0) is 0 Å². The standard InChI is InChI=1S/C8H6ClNO2/c1-2-6-5-7(10(11)12)3-4-8(6)9/h2-5H,1H2. The number of nitrogens with zero attached hydrogens (tertiary/aromatic N) is 1. The zero-order valence-electron chi connectivity index (χ0n) is 6.16. The molecule has 0 unspecified atom stereocenters. The zero-order chi connectivity index (χ0) is 9.14. The van der Waals surface area contributed by atoms with Crippen LogP contribution in [-0.4, -0.2) is 4.92 Å². The van der Waals surface area contributed by atoms with Crippen molar-refractivity contribution in [2.24, 2.45) is 0 Å². The SMILES string of the molecule is C=Cc1cc([N+](=O)[O-])ccc1Cl. The second-order valence-electron chi connectivity index (χ2n) is 2.17. The van der Waals surface area contributed by atoms with Crippen molar-refractivity contribution in [2.75, 3.05) is 0 Å². The van der Waals surface area contributed by atoms with Gasteiger partial charge in [-0.3, -0.25) is 10.1 Å². The summed E-state index contributed by atoms with van der Waals surface area (Å²) in [5.74, 6) is 0. The predicted molar refractivity (Wildman–Crippen MR) is 48.2 cm³/mol. The maximum Gasteiger partial charge on any atom is 0.270 e. The highest BCUT2D eigenvalue weighted by molar-refractivity contribution is 6.32. The molecule has 0 fully saturated rings. The van der Waals surface area contributed by atoms with E-state index < -0.39 is 4.92 Å². The molecule has 0 aromatic heterocycles. The molecule has 0 saturated carbocycles. The van der Waals surface area contributed by atoms with Gasteiger partial charge in [0.25, 0.3) is 5.69 Å². The number of benzene rings is 1. The topological polar surface area (TPSA) is 43.1 Å².